The highest BCUT2D eigenvalue weighted by Crippen LogP contribution is 2.34. The Morgan fingerprint density at radius 3 is 2.54 bits per heavy atom. The van der Waals surface area contributed by atoms with Gasteiger partial charge in [0.05, 0.1) is 60.6 Å². The molecule has 0 saturated carbocycles. The van der Waals surface area contributed by atoms with E-state index in [2.05, 4.69) is 10.3 Å². The third-order valence-electron chi connectivity index (χ3n) is 6.89. The van der Waals surface area contributed by atoms with Gasteiger partial charge in [0, 0.05) is 18.0 Å². The Morgan fingerprint density at radius 2 is 1.92 bits per heavy atom. The van der Waals surface area contributed by atoms with E-state index in [4.69, 9.17) is 31.0 Å². The summed E-state index contributed by atoms with van der Waals surface area (Å²) in [6.45, 7) is 3.28. The normalized spacial score (nSPS) is 18.8. The smallest absolute Gasteiger partial charge is 0.407 e. The number of hydrogen-bond acceptors (Lipinski definition) is 7. The molecule has 0 radical (unpaired) electrons. The predicted octanol–water partition coefficient (Wildman–Crippen LogP) is 5.07. The standard InChI is InChI=1S/C28H33ClFN5O4/c1-4-21-25(19-7-6-18(38-3)15-20(19)29)32-22(5-2)27(33-21)34-26-23(14-17-8-11-31-12-9-17)35(28(36)37)16-24(26)39-13-10-30/h6-9,11-12,15,23-24,26H,4-5,10,13-14,16H2,1-3H3,(H,33,34)(H,36,37)/t23?,24-,26+/m0/s1. The molecule has 0 aliphatic carbocycles. The van der Waals surface area contributed by atoms with E-state index in [-0.39, 0.29) is 13.2 Å². The summed E-state index contributed by atoms with van der Waals surface area (Å²) in [5.74, 6) is 1.20. The molecular formula is C28H33ClFN5O4. The van der Waals surface area contributed by atoms with Crippen LogP contribution in [0.1, 0.15) is 30.8 Å². The number of carboxylic acid groups (broad SMARTS) is 1. The number of amides is 1. The average Bonchev–Trinajstić information content (AvgIpc) is 3.28. The number of nitrogens with zero attached hydrogens (tertiary/aromatic N) is 4. The summed E-state index contributed by atoms with van der Waals surface area (Å²) in [7, 11) is 1.58. The largest absolute Gasteiger partial charge is 0.497 e. The van der Waals surface area contributed by atoms with Crippen molar-refractivity contribution in [2.24, 2.45) is 0 Å². The molecular weight excluding hydrogens is 525 g/mol. The number of ether oxygens (including phenoxy) is 2. The fourth-order valence-corrected chi connectivity index (χ4v) is 5.21. The van der Waals surface area contributed by atoms with Crippen LogP contribution in [-0.4, -0.2) is 76.2 Å². The van der Waals surface area contributed by atoms with Gasteiger partial charge in [-0.25, -0.2) is 19.2 Å². The van der Waals surface area contributed by atoms with Crippen molar-refractivity contribution in [2.75, 3.05) is 32.3 Å². The highest BCUT2D eigenvalue weighted by Gasteiger charge is 2.45. The third-order valence-corrected chi connectivity index (χ3v) is 7.20. The van der Waals surface area contributed by atoms with E-state index in [1.54, 1.807) is 25.6 Å². The van der Waals surface area contributed by atoms with E-state index >= 15 is 0 Å². The number of benzene rings is 1. The number of carbonyl (C=O) groups is 1. The maximum absolute atomic E-state index is 13.1. The molecule has 9 nitrogen and oxygen atoms in total. The molecule has 1 amide bonds. The monoisotopic (exact) mass is 557 g/mol. The maximum Gasteiger partial charge on any atom is 0.407 e. The van der Waals surface area contributed by atoms with Crippen molar-refractivity contribution in [3.05, 3.63) is 64.7 Å². The predicted molar refractivity (Wildman–Crippen MR) is 147 cm³/mol. The first-order valence-electron chi connectivity index (χ1n) is 13.0. The van der Waals surface area contributed by atoms with Gasteiger partial charge in [0.2, 0.25) is 0 Å². The lowest BCUT2D eigenvalue weighted by Gasteiger charge is -2.29. The van der Waals surface area contributed by atoms with E-state index in [1.165, 1.54) is 4.90 Å². The lowest BCUT2D eigenvalue weighted by molar-refractivity contribution is 0.0450. The summed E-state index contributed by atoms with van der Waals surface area (Å²) in [5.41, 5.74) is 3.81. The van der Waals surface area contributed by atoms with Gasteiger partial charge in [-0.3, -0.25) is 4.98 Å². The number of nitrogens with one attached hydrogen (secondary N) is 1. The Bertz CT molecular complexity index is 1280. The number of halogens is 2. The molecule has 11 heteroatoms. The molecule has 1 saturated heterocycles. The van der Waals surface area contributed by atoms with Gasteiger partial charge in [-0.05, 0) is 55.2 Å². The molecule has 2 N–H and O–H groups in total. The van der Waals surface area contributed by atoms with Crippen molar-refractivity contribution in [3.63, 3.8) is 0 Å². The van der Waals surface area contributed by atoms with Crippen LogP contribution in [0.2, 0.25) is 5.02 Å². The zero-order valence-electron chi connectivity index (χ0n) is 22.2. The molecule has 1 aromatic carbocycles. The van der Waals surface area contributed by atoms with E-state index in [0.717, 1.165) is 16.8 Å². The van der Waals surface area contributed by atoms with Crippen LogP contribution in [0, 0.1) is 0 Å². The molecule has 1 aliphatic heterocycles. The quantitative estimate of drug-likeness (QED) is 0.336. The van der Waals surface area contributed by atoms with Gasteiger partial charge < -0.3 is 24.8 Å². The summed E-state index contributed by atoms with van der Waals surface area (Å²) in [4.78, 5) is 27.5. The topological polar surface area (TPSA) is 110 Å². The highest BCUT2D eigenvalue weighted by molar-refractivity contribution is 6.33. The van der Waals surface area contributed by atoms with Crippen LogP contribution in [0.4, 0.5) is 15.0 Å². The lowest BCUT2D eigenvalue weighted by Crippen LogP contribution is -2.45. The maximum atomic E-state index is 13.1. The zero-order chi connectivity index (χ0) is 27.9. The molecule has 1 unspecified atom stereocenters. The second-order valence-corrected chi connectivity index (χ2v) is 9.60. The summed E-state index contributed by atoms with van der Waals surface area (Å²) < 4.78 is 24.2. The fraction of sp³-hybridized carbons (Fsp3) is 0.429. The number of likely N-dealkylation sites (tertiary alicyclic amines) is 1. The van der Waals surface area contributed by atoms with Gasteiger partial charge in [0.1, 0.15) is 18.2 Å². The van der Waals surface area contributed by atoms with Crippen molar-refractivity contribution < 1.29 is 23.8 Å². The molecule has 39 heavy (non-hydrogen) atoms. The van der Waals surface area contributed by atoms with Gasteiger partial charge in [0.15, 0.2) is 0 Å². The van der Waals surface area contributed by atoms with Gasteiger partial charge in [-0.15, -0.1) is 0 Å². The van der Waals surface area contributed by atoms with Crippen LogP contribution in [0.25, 0.3) is 11.3 Å². The Morgan fingerprint density at radius 1 is 1.18 bits per heavy atom. The average molecular weight is 558 g/mol. The lowest BCUT2D eigenvalue weighted by atomic mass is 9.99. The summed E-state index contributed by atoms with van der Waals surface area (Å²) in [6, 6.07) is 8.17. The van der Waals surface area contributed by atoms with Crippen LogP contribution in [0.5, 0.6) is 5.75 Å². The highest BCUT2D eigenvalue weighted by atomic mass is 35.5. The molecule has 3 atom stereocenters. The van der Waals surface area contributed by atoms with Crippen LogP contribution < -0.4 is 10.1 Å². The number of aromatic nitrogens is 3. The van der Waals surface area contributed by atoms with Crippen LogP contribution in [0.15, 0.2) is 42.7 Å². The number of rotatable bonds is 11. The van der Waals surface area contributed by atoms with E-state index in [0.29, 0.717) is 47.2 Å². The fourth-order valence-electron chi connectivity index (χ4n) is 4.95. The van der Waals surface area contributed by atoms with Gasteiger partial charge in [-0.1, -0.05) is 25.4 Å². The minimum absolute atomic E-state index is 0.109. The Kier molecular flexibility index (Phi) is 9.53. The number of alkyl halides is 1. The summed E-state index contributed by atoms with van der Waals surface area (Å²) >= 11 is 6.58. The second-order valence-electron chi connectivity index (χ2n) is 9.20. The van der Waals surface area contributed by atoms with Gasteiger partial charge in [0.25, 0.3) is 0 Å². The first kappa shape index (κ1) is 28.5. The number of hydrogen-bond donors (Lipinski definition) is 2. The molecule has 1 aliphatic rings. The number of anilines is 1. The van der Waals surface area contributed by atoms with Gasteiger partial charge in [-0.2, -0.15) is 0 Å². The number of methoxy groups -OCH3 is 1. The van der Waals surface area contributed by atoms with Crippen molar-refractivity contribution in [3.8, 4) is 17.0 Å². The molecule has 3 aromatic rings. The Hall–Kier alpha value is -3.50. The Balaban J connectivity index is 1.74. The molecule has 4 rings (SSSR count). The van der Waals surface area contributed by atoms with Crippen LogP contribution in [0.3, 0.4) is 0 Å². The van der Waals surface area contributed by atoms with E-state index < -0.39 is 31.0 Å². The number of pyridine rings is 1. The van der Waals surface area contributed by atoms with Crippen LogP contribution in [-0.2, 0) is 24.0 Å². The van der Waals surface area contributed by atoms with Crippen molar-refractivity contribution >= 4 is 23.5 Å². The minimum atomic E-state index is -1.06. The summed E-state index contributed by atoms with van der Waals surface area (Å²) in [6.07, 6.45) is 3.30. The molecule has 2 aromatic heterocycles. The first-order chi connectivity index (χ1) is 18.9. The minimum Gasteiger partial charge on any atom is -0.497 e. The van der Waals surface area contributed by atoms with Crippen molar-refractivity contribution in [2.45, 2.75) is 51.3 Å². The van der Waals surface area contributed by atoms with E-state index in [1.807, 2.05) is 38.1 Å². The molecule has 1 fully saturated rings. The Labute approximate surface area is 232 Å². The molecule has 0 bridgehead atoms. The summed E-state index contributed by atoms with van der Waals surface area (Å²) in [5, 5.41) is 14.0. The second kappa shape index (κ2) is 13.0. The molecule has 208 valence electrons. The van der Waals surface area contributed by atoms with Crippen LogP contribution >= 0.6 is 11.6 Å². The molecule has 0 spiro atoms. The first-order valence-corrected chi connectivity index (χ1v) is 13.3. The van der Waals surface area contributed by atoms with Gasteiger partial charge >= 0.3 is 6.09 Å². The van der Waals surface area contributed by atoms with Crippen molar-refractivity contribution in [1.29, 1.82) is 0 Å². The SMILES string of the molecule is CCc1nc(-c2ccc(OC)cc2Cl)c(CC)nc1N[C@@H]1C(Cc2ccncc2)N(C(=O)O)C[C@@H]1OCCF. The van der Waals surface area contributed by atoms with Crippen molar-refractivity contribution in [1.82, 2.24) is 19.9 Å². The zero-order valence-corrected chi connectivity index (χ0v) is 23.0. The molecule has 3 heterocycles. The number of aryl methyl sites for hydroxylation is 2. The van der Waals surface area contributed by atoms with E-state index in [9.17, 15) is 14.3 Å². The third kappa shape index (κ3) is 6.39.